The Hall–Kier alpha value is -1.38. The lowest BCUT2D eigenvalue weighted by atomic mass is 9.99. The second kappa shape index (κ2) is 5.51. The number of rotatable bonds is 3. The van der Waals surface area contributed by atoms with Crippen LogP contribution in [0.3, 0.4) is 0 Å². The lowest BCUT2D eigenvalue weighted by molar-refractivity contribution is 0.0923. The Morgan fingerprint density at radius 1 is 1.39 bits per heavy atom. The Kier molecular flexibility index (Phi) is 4.00. The van der Waals surface area contributed by atoms with E-state index >= 15 is 0 Å². The Balaban J connectivity index is 2.04. The molecule has 1 saturated carbocycles. The maximum absolute atomic E-state index is 13.6. The van der Waals surface area contributed by atoms with E-state index in [2.05, 4.69) is 5.32 Å². The zero-order valence-electron chi connectivity index (χ0n) is 11.0. The number of carbonyl (C=O) groups excluding carboxylic acids is 1. The Morgan fingerprint density at radius 3 is 2.72 bits per heavy atom. The fourth-order valence-electron chi connectivity index (χ4n) is 2.67. The molecule has 1 unspecified atom stereocenters. The van der Waals surface area contributed by atoms with Crippen LogP contribution in [0, 0.1) is 18.7 Å². The normalized spacial score (nSPS) is 17.7. The molecule has 1 atom stereocenters. The van der Waals surface area contributed by atoms with Gasteiger partial charge >= 0.3 is 0 Å². The van der Waals surface area contributed by atoms with Crippen LogP contribution < -0.4 is 5.32 Å². The van der Waals surface area contributed by atoms with Gasteiger partial charge in [0.25, 0.3) is 5.91 Å². The highest BCUT2D eigenvalue weighted by Gasteiger charge is 2.23. The molecular weight excluding hydrogens is 229 g/mol. The molecule has 0 spiro atoms. The summed E-state index contributed by atoms with van der Waals surface area (Å²) in [6, 6.07) is 4.75. The topological polar surface area (TPSA) is 29.1 Å². The predicted molar refractivity (Wildman–Crippen MR) is 70.0 cm³/mol. The summed E-state index contributed by atoms with van der Waals surface area (Å²) >= 11 is 0. The quantitative estimate of drug-likeness (QED) is 0.873. The van der Waals surface area contributed by atoms with Crippen molar-refractivity contribution in [3.63, 3.8) is 0 Å². The molecule has 0 saturated heterocycles. The SMILES string of the molecule is Cc1ccc(F)c(C(=O)NC(C)C2CCCC2)c1. The minimum Gasteiger partial charge on any atom is -0.349 e. The molecule has 18 heavy (non-hydrogen) atoms. The van der Waals surface area contributed by atoms with Crippen molar-refractivity contribution in [3.8, 4) is 0 Å². The summed E-state index contributed by atoms with van der Waals surface area (Å²) in [4.78, 5) is 12.0. The summed E-state index contributed by atoms with van der Waals surface area (Å²) in [6.45, 7) is 3.87. The molecular formula is C15H20FNO. The van der Waals surface area contributed by atoms with Gasteiger partial charge in [0.2, 0.25) is 0 Å². The number of carbonyl (C=O) groups is 1. The lowest BCUT2D eigenvalue weighted by Crippen LogP contribution is -2.37. The van der Waals surface area contributed by atoms with Crippen LogP contribution in [-0.4, -0.2) is 11.9 Å². The first-order valence-corrected chi connectivity index (χ1v) is 6.65. The zero-order chi connectivity index (χ0) is 13.1. The third-order valence-electron chi connectivity index (χ3n) is 3.83. The molecule has 3 heteroatoms. The number of benzene rings is 1. The molecule has 2 rings (SSSR count). The summed E-state index contributed by atoms with van der Waals surface area (Å²) in [5, 5.41) is 2.93. The lowest BCUT2D eigenvalue weighted by Gasteiger charge is -2.20. The second-order valence-corrected chi connectivity index (χ2v) is 5.29. The monoisotopic (exact) mass is 249 g/mol. The first-order valence-electron chi connectivity index (χ1n) is 6.65. The van der Waals surface area contributed by atoms with E-state index in [4.69, 9.17) is 0 Å². The van der Waals surface area contributed by atoms with Gasteiger partial charge in [-0.1, -0.05) is 24.5 Å². The number of hydrogen-bond acceptors (Lipinski definition) is 1. The highest BCUT2D eigenvalue weighted by atomic mass is 19.1. The number of hydrogen-bond donors (Lipinski definition) is 1. The molecule has 1 aliphatic rings. The average molecular weight is 249 g/mol. The Labute approximate surface area is 108 Å². The maximum atomic E-state index is 13.6. The van der Waals surface area contributed by atoms with Gasteiger partial charge in [-0.25, -0.2) is 4.39 Å². The van der Waals surface area contributed by atoms with Crippen LogP contribution in [0.1, 0.15) is 48.5 Å². The van der Waals surface area contributed by atoms with E-state index in [-0.39, 0.29) is 17.5 Å². The predicted octanol–water partition coefficient (Wildman–Crippen LogP) is 3.44. The molecule has 0 heterocycles. The first kappa shape index (κ1) is 13.1. The van der Waals surface area contributed by atoms with Crippen LogP contribution >= 0.6 is 0 Å². The van der Waals surface area contributed by atoms with Gasteiger partial charge in [-0.2, -0.15) is 0 Å². The van der Waals surface area contributed by atoms with Crippen molar-refractivity contribution in [2.24, 2.45) is 5.92 Å². The van der Waals surface area contributed by atoms with Crippen LogP contribution in [0.15, 0.2) is 18.2 Å². The van der Waals surface area contributed by atoms with E-state index < -0.39 is 5.82 Å². The summed E-state index contributed by atoms with van der Waals surface area (Å²) < 4.78 is 13.6. The van der Waals surface area contributed by atoms with Crippen LogP contribution in [0.25, 0.3) is 0 Å². The molecule has 0 aromatic heterocycles. The minimum absolute atomic E-state index is 0.125. The van der Waals surface area contributed by atoms with E-state index in [1.807, 2.05) is 13.8 Å². The first-order chi connectivity index (χ1) is 8.58. The third-order valence-corrected chi connectivity index (χ3v) is 3.83. The van der Waals surface area contributed by atoms with E-state index in [1.165, 1.54) is 18.9 Å². The van der Waals surface area contributed by atoms with E-state index in [1.54, 1.807) is 12.1 Å². The molecule has 0 bridgehead atoms. The molecule has 1 amide bonds. The van der Waals surface area contributed by atoms with Gasteiger partial charge in [0, 0.05) is 6.04 Å². The van der Waals surface area contributed by atoms with Gasteiger partial charge in [-0.05, 0) is 44.7 Å². The number of aryl methyl sites for hydroxylation is 1. The number of halogens is 1. The van der Waals surface area contributed by atoms with Crippen molar-refractivity contribution >= 4 is 5.91 Å². The molecule has 1 aromatic carbocycles. The van der Waals surface area contributed by atoms with Crippen molar-refractivity contribution < 1.29 is 9.18 Å². The molecule has 2 nitrogen and oxygen atoms in total. The van der Waals surface area contributed by atoms with E-state index in [9.17, 15) is 9.18 Å². The van der Waals surface area contributed by atoms with Crippen molar-refractivity contribution in [2.75, 3.05) is 0 Å². The van der Waals surface area contributed by atoms with Crippen molar-refractivity contribution in [1.82, 2.24) is 5.32 Å². The van der Waals surface area contributed by atoms with Gasteiger partial charge in [-0.3, -0.25) is 4.79 Å². The highest BCUT2D eigenvalue weighted by molar-refractivity contribution is 5.94. The molecule has 1 N–H and O–H groups in total. The smallest absolute Gasteiger partial charge is 0.254 e. The zero-order valence-corrected chi connectivity index (χ0v) is 11.0. The minimum atomic E-state index is -0.447. The van der Waals surface area contributed by atoms with Gasteiger partial charge in [0.05, 0.1) is 5.56 Å². The summed E-state index contributed by atoms with van der Waals surface area (Å²) in [6.07, 6.45) is 4.81. The number of nitrogens with one attached hydrogen (secondary N) is 1. The van der Waals surface area contributed by atoms with Crippen LogP contribution in [0.4, 0.5) is 4.39 Å². The largest absolute Gasteiger partial charge is 0.349 e. The third kappa shape index (κ3) is 2.89. The Morgan fingerprint density at radius 2 is 2.06 bits per heavy atom. The molecule has 0 radical (unpaired) electrons. The summed E-state index contributed by atoms with van der Waals surface area (Å²) in [7, 11) is 0. The van der Waals surface area contributed by atoms with Gasteiger partial charge < -0.3 is 5.32 Å². The fraction of sp³-hybridized carbons (Fsp3) is 0.533. The van der Waals surface area contributed by atoms with Gasteiger partial charge in [-0.15, -0.1) is 0 Å². The molecule has 1 aromatic rings. The molecule has 98 valence electrons. The van der Waals surface area contributed by atoms with Gasteiger partial charge in [0.1, 0.15) is 5.82 Å². The van der Waals surface area contributed by atoms with Crippen molar-refractivity contribution in [3.05, 3.63) is 35.1 Å². The second-order valence-electron chi connectivity index (χ2n) is 5.29. The molecule has 0 aliphatic heterocycles. The maximum Gasteiger partial charge on any atom is 0.254 e. The van der Waals surface area contributed by atoms with Crippen LogP contribution in [0.5, 0.6) is 0 Å². The van der Waals surface area contributed by atoms with E-state index in [0.717, 1.165) is 18.4 Å². The number of amides is 1. The summed E-state index contributed by atoms with van der Waals surface area (Å²) in [5.74, 6) is -0.200. The van der Waals surface area contributed by atoms with Gasteiger partial charge in [0.15, 0.2) is 0 Å². The van der Waals surface area contributed by atoms with E-state index in [0.29, 0.717) is 5.92 Å². The average Bonchev–Trinajstić information content (AvgIpc) is 2.85. The summed E-state index contributed by atoms with van der Waals surface area (Å²) in [5.41, 5.74) is 1.05. The van der Waals surface area contributed by atoms with Crippen molar-refractivity contribution in [2.45, 2.75) is 45.6 Å². The van der Waals surface area contributed by atoms with Crippen LogP contribution in [-0.2, 0) is 0 Å². The fourth-order valence-corrected chi connectivity index (χ4v) is 2.67. The Bertz CT molecular complexity index is 438. The molecule has 1 aliphatic carbocycles. The van der Waals surface area contributed by atoms with Crippen molar-refractivity contribution in [1.29, 1.82) is 0 Å². The highest BCUT2D eigenvalue weighted by Crippen LogP contribution is 2.27. The standard InChI is InChI=1S/C15H20FNO/c1-10-7-8-14(16)13(9-10)15(18)17-11(2)12-5-3-4-6-12/h7-9,11-12H,3-6H2,1-2H3,(H,17,18). The van der Waals surface area contributed by atoms with Crippen LogP contribution in [0.2, 0.25) is 0 Å². The molecule has 1 fully saturated rings.